The summed E-state index contributed by atoms with van der Waals surface area (Å²) in [5, 5.41) is 0. The lowest BCUT2D eigenvalue weighted by atomic mass is 10.1. The summed E-state index contributed by atoms with van der Waals surface area (Å²) < 4.78 is 12.8. The Balaban J connectivity index is 2.62. The van der Waals surface area contributed by atoms with Crippen molar-refractivity contribution in [3.63, 3.8) is 0 Å². The highest BCUT2D eigenvalue weighted by atomic mass is 19.1. The molecular weight excluding hydrogens is 195 g/mol. The van der Waals surface area contributed by atoms with Gasteiger partial charge < -0.3 is 4.90 Å². The van der Waals surface area contributed by atoms with Crippen LogP contribution >= 0.6 is 0 Å². The topological polar surface area (TPSA) is 23.6 Å². The first-order valence-electron chi connectivity index (χ1n) is 5.33. The quantitative estimate of drug-likeness (QED) is 0.656. The lowest BCUT2D eigenvalue weighted by Gasteiger charge is -2.42. The average molecular weight is 214 g/mol. The summed E-state index contributed by atoms with van der Waals surface area (Å²) in [6, 6.07) is 0.161. The van der Waals surface area contributed by atoms with Crippen LogP contribution in [0.25, 0.3) is 0 Å². The molecule has 0 saturated carbocycles. The van der Waals surface area contributed by atoms with E-state index in [0.29, 0.717) is 19.1 Å². The number of alkyl halides is 1. The standard InChI is InChI=1S/C11H19FN2O/c1-4-11(15)13-5-6-14(9(2)3)10(7-12)8-13/h4,9-10H,1,5-8H2,2-3H3. The second-order valence-electron chi connectivity index (χ2n) is 4.13. The van der Waals surface area contributed by atoms with Gasteiger partial charge in [0.15, 0.2) is 0 Å². The maximum absolute atomic E-state index is 12.8. The summed E-state index contributed by atoms with van der Waals surface area (Å²) in [7, 11) is 0. The van der Waals surface area contributed by atoms with Crippen molar-refractivity contribution in [3.8, 4) is 0 Å². The van der Waals surface area contributed by atoms with E-state index in [1.165, 1.54) is 6.08 Å². The van der Waals surface area contributed by atoms with E-state index in [1.54, 1.807) is 4.90 Å². The van der Waals surface area contributed by atoms with E-state index in [2.05, 4.69) is 11.5 Å². The molecule has 0 bridgehead atoms. The molecule has 4 heteroatoms. The van der Waals surface area contributed by atoms with E-state index in [4.69, 9.17) is 0 Å². The Morgan fingerprint density at radius 1 is 1.60 bits per heavy atom. The fourth-order valence-electron chi connectivity index (χ4n) is 2.02. The summed E-state index contributed by atoms with van der Waals surface area (Å²) in [6.07, 6.45) is 1.29. The predicted molar refractivity (Wildman–Crippen MR) is 58.4 cm³/mol. The molecule has 0 N–H and O–H groups in total. The normalized spacial score (nSPS) is 23.2. The molecule has 15 heavy (non-hydrogen) atoms. The van der Waals surface area contributed by atoms with Gasteiger partial charge in [0.2, 0.25) is 5.91 Å². The van der Waals surface area contributed by atoms with Crippen LogP contribution in [0, 0.1) is 0 Å². The third-order valence-corrected chi connectivity index (χ3v) is 2.86. The molecule has 1 heterocycles. The van der Waals surface area contributed by atoms with Crippen LogP contribution in [0.3, 0.4) is 0 Å². The van der Waals surface area contributed by atoms with E-state index < -0.39 is 6.67 Å². The Labute approximate surface area is 90.5 Å². The molecule has 0 aromatic carbocycles. The maximum Gasteiger partial charge on any atom is 0.246 e. The van der Waals surface area contributed by atoms with Gasteiger partial charge in [-0.05, 0) is 19.9 Å². The molecule has 1 aliphatic rings. The molecule has 1 atom stereocenters. The molecule has 1 aliphatic heterocycles. The monoisotopic (exact) mass is 214 g/mol. The fourth-order valence-corrected chi connectivity index (χ4v) is 2.02. The highest BCUT2D eigenvalue weighted by Crippen LogP contribution is 2.14. The lowest BCUT2D eigenvalue weighted by molar-refractivity contribution is -0.129. The largest absolute Gasteiger partial charge is 0.336 e. The van der Waals surface area contributed by atoms with Crippen LogP contribution in [-0.4, -0.2) is 54.1 Å². The number of rotatable bonds is 3. The van der Waals surface area contributed by atoms with Crippen LogP contribution in [0.4, 0.5) is 4.39 Å². The molecule has 86 valence electrons. The molecule has 0 spiro atoms. The van der Waals surface area contributed by atoms with E-state index in [1.807, 2.05) is 13.8 Å². The molecule has 3 nitrogen and oxygen atoms in total. The zero-order chi connectivity index (χ0) is 11.4. The van der Waals surface area contributed by atoms with Gasteiger partial charge in [0.1, 0.15) is 6.67 Å². The first-order chi connectivity index (χ1) is 7.10. The van der Waals surface area contributed by atoms with Crippen LogP contribution in [0.2, 0.25) is 0 Å². The number of carbonyl (C=O) groups excluding carboxylic acids is 1. The first kappa shape index (κ1) is 12.2. The summed E-state index contributed by atoms with van der Waals surface area (Å²) in [6.45, 7) is 9.02. The van der Waals surface area contributed by atoms with Crippen molar-refractivity contribution in [1.29, 1.82) is 0 Å². The summed E-state index contributed by atoms with van der Waals surface area (Å²) in [4.78, 5) is 15.1. The highest BCUT2D eigenvalue weighted by molar-refractivity contribution is 5.87. The summed E-state index contributed by atoms with van der Waals surface area (Å²) in [5.74, 6) is -0.100. The van der Waals surface area contributed by atoms with Gasteiger partial charge in [-0.15, -0.1) is 0 Å². The van der Waals surface area contributed by atoms with Crippen LogP contribution < -0.4 is 0 Å². The van der Waals surface area contributed by atoms with Crippen molar-refractivity contribution < 1.29 is 9.18 Å². The molecule has 0 radical (unpaired) electrons. The molecule has 1 unspecified atom stereocenters. The van der Waals surface area contributed by atoms with Crippen molar-refractivity contribution in [3.05, 3.63) is 12.7 Å². The van der Waals surface area contributed by atoms with Gasteiger partial charge >= 0.3 is 0 Å². The number of halogens is 1. The zero-order valence-corrected chi connectivity index (χ0v) is 9.45. The number of carbonyl (C=O) groups is 1. The van der Waals surface area contributed by atoms with Crippen LogP contribution in [0.5, 0.6) is 0 Å². The Hall–Kier alpha value is -0.900. The number of hydrogen-bond donors (Lipinski definition) is 0. The maximum atomic E-state index is 12.8. The fraction of sp³-hybridized carbons (Fsp3) is 0.727. The summed E-state index contributed by atoms with van der Waals surface area (Å²) in [5.41, 5.74) is 0. The van der Waals surface area contributed by atoms with Crippen molar-refractivity contribution in [1.82, 2.24) is 9.80 Å². The third kappa shape index (κ3) is 2.78. The second-order valence-corrected chi connectivity index (χ2v) is 4.13. The SMILES string of the molecule is C=CC(=O)N1CCN(C(C)C)C(CF)C1. The Kier molecular flexibility index (Phi) is 4.27. The smallest absolute Gasteiger partial charge is 0.246 e. The zero-order valence-electron chi connectivity index (χ0n) is 9.45. The molecule has 0 aromatic rings. The van der Waals surface area contributed by atoms with E-state index in [0.717, 1.165) is 6.54 Å². The lowest BCUT2D eigenvalue weighted by Crippen LogP contribution is -2.57. The van der Waals surface area contributed by atoms with Crippen molar-refractivity contribution in [2.24, 2.45) is 0 Å². The van der Waals surface area contributed by atoms with E-state index in [-0.39, 0.29) is 11.9 Å². The Bertz CT molecular complexity index is 243. The van der Waals surface area contributed by atoms with Crippen molar-refractivity contribution >= 4 is 5.91 Å². The van der Waals surface area contributed by atoms with E-state index in [9.17, 15) is 9.18 Å². The molecule has 1 fully saturated rings. The molecule has 0 aliphatic carbocycles. The number of piperazine rings is 1. The summed E-state index contributed by atoms with van der Waals surface area (Å²) >= 11 is 0. The minimum absolute atomic E-state index is 0.100. The minimum atomic E-state index is -0.404. The Morgan fingerprint density at radius 3 is 2.73 bits per heavy atom. The second kappa shape index (κ2) is 5.26. The van der Waals surface area contributed by atoms with Gasteiger partial charge in [-0.25, -0.2) is 4.39 Å². The molecule has 0 aromatic heterocycles. The molecule has 1 amide bonds. The van der Waals surface area contributed by atoms with Crippen LogP contribution in [0.15, 0.2) is 12.7 Å². The molecule has 1 saturated heterocycles. The van der Waals surface area contributed by atoms with Gasteiger partial charge in [0.05, 0.1) is 6.04 Å². The van der Waals surface area contributed by atoms with Gasteiger partial charge in [-0.2, -0.15) is 0 Å². The van der Waals surface area contributed by atoms with Crippen molar-refractivity contribution in [2.45, 2.75) is 25.9 Å². The van der Waals surface area contributed by atoms with Gasteiger partial charge in [0.25, 0.3) is 0 Å². The predicted octanol–water partition coefficient (Wildman–Crippen LogP) is 1.06. The van der Waals surface area contributed by atoms with Gasteiger partial charge in [0, 0.05) is 25.7 Å². The average Bonchev–Trinajstić information content (AvgIpc) is 2.26. The Morgan fingerprint density at radius 2 is 2.27 bits per heavy atom. The van der Waals surface area contributed by atoms with Crippen molar-refractivity contribution in [2.75, 3.05) is 26.3 Å². The number of hydrogen-bond acceptors (Lipinski definition) is 2. The highest BCUT2D eigenvalue weighted by Gasteiger charge is 2.29. The van der Waals surface area contributed by atoms with E-state index >= 15 is 0 Å². The van der Waals surface area contributed by atoms with Crippen LogP contribution in [0.1, 0.15) is 13.8 Å². The minimum Gasteiger partial charge on any atom is -0.336 e. The van der Waals surface area contributed by atoms with Gasteiger partial charge in [-0.3, -0.25) is 9.69 Å². The number of nitrogens with zero attached hydrogens (tertiary/aromatic N) is 2. The first-order valence-corrected chi connectivity index (χ1v) is 5.33. The van der Waals surface area contributed by atoms with Crippen LogP contribution in [-0.2, 0) is 4.79 Å². The number of amides is 1. The van der Waals surface area contributed by atoms with Gasteiger partial charge in [-0.1, -0.05) is 6.58 Å². The third-order valence-electron chi connectivity index (χ3n) is 2.86. The molecule has 1 rings (SSSR count). The molecular formula is C11H19FN2O.